The minimum absolute atomic E-state index is 0.528. The van der Waals surface area contributed by atoms with Crippen molar-refractivity contribution < 1.29 is 9.90 Å². The van der Waals surface area contributed by atoms with E-state index in [0.29, 0.717) is 6.42 Å². The summed E-state index contributed by atoms with van der Waals surface area (Å²) in [5.41, 5.74) is 2.11. The van der Waals surface area contributed by atoms with Gasteiger partial charge in [-0.2, -0.15) is 0 Å². The Morgan fingerprint density at radius 3 is 2.48 bits per heavy atom. The number of rotatable bonds is 6. The number of carboxylic acids is 1. The number of anilines is 1. The molecule has 0 radical (unpaired) electrons. The molecule has 3 heteroatoms. The van der Waals surface area contributed by atoms with Gasteiger partial charge in [0, 0.05) is 5.69 Å². The molecule has 0 aliphatic heterocycles. The van der Waals surface area contributed by atoms with Gasteiger partial charge in [0.05, 0.1) is 0 Å². The predicted octanol–water partition coefficient (Wildman–Crippen LogP) is 3.88. The fourth-order valence-electron chi connectivity index (χ4n) is 2.30. The quantitative estimate of drug-likeness (QED) is 0.845. The zero-order valence-electron chi connectivity index (χ0n) is 12.5. The first-order valence-electron chi connectivity index (χ1n) is 7.12. The van der Waals surface area contributed by atoms with Crippen LogP contribution in [0.25, 0.3) is 0 Å². The first-order valence-corrected chi connectivity index (χ1v) is 7.12. The molecule has 0 aliphatic carbocycles. The van der Waals surface area contributed by atoms with E-state index in [1.807, 2.05) is 61.5 Å². The molecule has 3 nitrogen and oxygen atoms in total. The number of benzene rings is 2. The van der Waals surface area contributed by atoms with E-state index in [2.05, 4.69) is 5.32 Å². The lowest BCUT2D eigenvalue weighted by atomic mass is 9.92. The lowest BCUT2D eigenvalue weighted by Crippen LogP contribution is -2.43. The van der Waals surface area contributed by atoms with Crippen LogP contribution >= 0.6 is 0 Å². The van der Waals surface area contributed by atoms with Crippen molar-refractivity contribution in [3.8, 4) is 0 Å². The molecule has 0 bridgehead atoms. The summed E-state index contributed by atoms with van der Waals surface area (Å²) in [4.78, 5) is 11.7. The molecule has 1 atom stereocenters. The Morgan fingerprint density at radius 1 is 1.14 bits per heavy atom. The maximum atomic E-state index is 11.7. The standard InChI is InChI=1S/C18H21NO2/c1-14-7-6-10-16(13-14)19-18(2,17(20)21)12-11-15-8-4-3-5-9-15/h3-10,13,19H,11-12H2,1-2H3,(H,20,21). The average Bonchev–Trinajstić information content (AvgIpc) is 2.46. The first-order chi connectivity index (χ1) is 9.99. The maximum Gasteiger partial charge on any atom is 0.329 e. The fourth-order valence-corrected chi connectivity index (χ4v) is 2.30. The third kappa shape index (κ3) is 4.09. The Balaban J connectivity index is 2.11. The molecule has 0 aliphatic rings. The van der Waals surface area contributed by atoms with Crippen LogP contribution in [0, 0.1) is 6.92 Å². The maximum absolute atomic E-state index is 11.7. The summed E-state index contributed by atoms with van der Waals surface area (Å²) in [6, 6.07) is 17.7. The van der Waals surface area contributed by atoms with Crippen molar-refractivity contribution in [2.75, 3.05) is 5.32 Å². The van der Waals surface area contributed by atoms with Crippen LogP contribution < -0.4 is 5.32 Å². The monoisotopic (exact) mass is 283 g/mol. The van der Waals surface area contributed by atoms with Gasteiger partial charge >= 0.3 is 5.97 Å². The van der Waals surface area contributed by atoms with Crippen molar-refractivity contribution in [1.29, 1.82) is 0 Å². The summed E-state index contributed by atoms with van der Waals surface area (Å²) in [7, 11) is 0. The zero-order chi connectivity index (χ0) is 15.3. The number of hydrogen-bond donors (Lipinski definition) is 2. The van der Waals surface area contributed by atoms with Crippen LogP contribution in [0.2, 0.25) is 0 Å². The van der Waals surface area contributed by atoms with Gasteiger partial charge in [-0.15, -0.1) is 0 Å². The summed E-state index contributed by atoms with van der Waals surface area (Å²) in [5.74, 6) is -0.833. The van der Waals surface area contributed by atoms with Gasteiger partial charge in [-0.3, -0.25) is 0 Å². The third-order valence-electron chi connectivity index (χ3n) is 3.67. The van der Waals surface area contributed by atoms with Crippen LogP contribution in [0.5, 0.6) is 0 Å². The van der Waals surface area contributed by atoms with Crippen LogP contribution in [0.1, 0.15) is 24.5 Å². The van der Waals surface area contributed by atoms with Crippen molar-refractivity contribution in [2.24, 2.45) is 0 Å². The Hall–Kier alpha value is -2.29. The van der Waals surface area contributed by atoms with Crippen LogP contribution in [-0.4, -0.2) is 16.6 Å². The molecule has 0 aromatic heterocycles. The number of aliphatic carboxylic acids is 1. The van der Waals surface area contributed by atoms with Crippen molar-refractivity contribution in [3.63, 3.8) is 0 Å². The number of hydrogen-bond acceptors (Lipinski definition) is 2. The van der Waals surface area contributed by atoms with Crippen LogP contribution in [0.3, 0.4) is 0 Å². The molecule has 110 valence electrons. The molecule has 0 amide bonds. The first kappa shape index (κ1) is 15.1. The van der Waals surface area contributed by atoms with E-state index in [1.165, 1.54) is 0 Å². The Kier molecular flexibility index (Phi) is 4.63. The number of aryl methyl sites for hydroxylation is 2. The summed E-state index contributed by atoms with van der Waals surface area (Å²) < 4.78 is 0. The number of carbonyl (C=O) groups is 1. The van der Waals surface area contributed by atoms with E-state index in [4.69, 9.17) is 0 Å². The molecule has 2 aromatic rings. The highest BCUT2D eigenvalue weighted by atomic mass is 16.4. The van der Waals surface area contributed by atoms with Crippen LogP contribution in [0.15, 0.2) is 54.6 Å². The highest BCUT2D eigenvalue weighted by Crippen LogP contribution is 2.22. The molecular formula is C18H21NO2. The lowest BCUT2D eigenvalue weighted by molar-refractivity contribution is -0.141. The van der Waals surface area contributed by atoms with Crippen molar-refractivity contribution in [3.05, 3.63) is 65.7 Å². The van der Waals surface area contributed by atoms with Gasteiger partial charge in [0.25, 0.3) is 0 Å². The molecule has 0 spiro atoms. The van der Waals surface area contributed by atoms with Gasteiger partial charge in [0.15, 0.2) is 0 Å². The highest BCUT2D eigenvalue weighted by molar-refractivity contribution is 5.82. The summed E-state index contributed by atoms with van der Waals surface area (Å²) >= 11 is 0. The second-order valence-electron chi connectivity index (χ2n) is 5.62. The normalized spacial score (nSPS) is 13.4. The molecular weight excluding hydrogens is 262 g/mol. The van der Waals surface area contributed by atoms with Gasteiger partial charge in [-0.25, -0.2) is 4.79 Å². The Morgan fingerprint density at radius 2 is 1.86 bits per heavy atom. The SMILES string of the molecule is Cc1cccc(NC(C)(CCc2ccccc2)C(=O)O)c1. The summed E-state index contributed by atoms with van der Waals surface area (Å²) in [6.45, 7) is 3.73. The van der Waals surface area contributed by atoms with E-state index < -0.39 is 11.5 Å². The molecule has 2 aromatic carbocycles. The van der Waals surface area contributed by atoms with Gasteiger partial charge in [0.2, 0.25) is 0 Å². The number of carboxylic acid groups (broad SMARTS) is 1. The largest absolute Gasteiger partial charge is 0.480 e. The fraction of sp³-hybridized carbons (Fsp3) is 0.278. The molecule has 0 saturated heterocycles. The smallest absolute Gasteiger partial charge is 0.329 e. The number of nitrogens with one attached hydrogen (secondary N) is 1. The molecule has 0 fully saturated rings. The third-order valence-corrected chi connectivity index (χ3v) is 3.67. The Labute approximate surface area is 125 Å². The van der Waals surface area contributed by atoms with E-state index in [-0.39, 0.29) is 0 Å². The average molecular weight is 283 g/mol. The summed E-state index contributed by atoms with van der Waals surface area (Å²) in [5, 5.41) is 12.7. The van der Waals surface area contributed by atoms with Crippen molar-refractivity contribution >= 4 is 11.7 Å². The summed E-state index contributed by atoms with van der Waals surface area (Å²) in [6.07, 6.45) is 1.25. The predicted molar refractivity (Wildman–Crippen MR) is 85.6 cm³/mol. The van der Waals surface area contributed by atoms with Gasteiger partial charge < -0.3 is 10.4 Å². The van der Waals surface area contributed by atoms with E-state index >= 15 is 0 Å². The second-order valence-corrected chi connectivity index (χ2v) is 5.62. The molecule has 1 unspecified atom stereocenters. The molecule has 2 rings (SSSR count). The van der Waals surface area contributed by atoms with Crippen LogP contribution in [0.4, 0.5) is 5.69 Å². The van der Waals surface area contributed by atoms with E-state index in [1.54, 1.807) is 6.92 Å². The minimum atomic E-state index is -0.983. The topological polar surface area (TPSA) is 49.3 Å². The van der Waals surface area contributed by atoms with Gasteiger partial charge in [-0.1, -0.05) is 42.5 Å². The molecule has 0 heterocycles. The molecule has 0 saturated carbocycles. The van der Waals surface area contributed by atoms with Crippen molar-refractivity contribution in [1.82, 2.24) is 0 Å². The van der Waals surface area contributed by atoms with E-state index in [9.17, 15) is 9.90 Å². The van der Waals surface area contributed by atoms with Crippen molar-refractivity contribution in [2.45, 2.75) is 32.2 Å². The lowest BCUT2D eigenvalue weighted by Gasteiger charge is -2.27. The molecule has 2 N–H and O–H groups in total. The Bertz CT molecular complexity index is 610. The zero-order valence-corrected chi connectivity index (χ0v) is 12.5. The van der Waals surface area contributed by atoms with E-state index in [0.717, 1.165) is 23.2 Å². The van der Waals surface area contributed by atoms with Gasteiger partial charge in [0.1, 0.15) is 5.54 Å². The second kappa shape index (κ2) is 6.44. The van der Waals surface area contributed by atoms with Gasteiger partial charge in [-0.05, 0) is 49.9 Å². The minimum Gasteiger partial charge on any atom is -0.480 e. The molecule has 21 heavy (non-hydrogen) atoms. The highest BCUT2D eigenvalue weighted by Gasteiger charge is 2.32. The van der Waals surface area contributed by atoms with Crippen LogP contribution in [-0.2, 0) is 11.2 Å².